The highest BCUT2D eigenvalue weighted by Gasteiger charge is 2.70. The second-order valence-corrected chi connectivity index (χ2v) is 34.2. The summed E-state index contributed by atoms with van der Waals surface area (Å²) >= 11 is 7.77. The van der Waals surface area contributed by atoms with Gasteiger partial charge in [-0.05, 0) is 65.3 Å². The maximum atomic E-state index is 17.1. The molecule has 16 rings (SSSR count). The van der Waals surface area contributed by atoms with Crippen molar-refractivity contribution in [1.29, 1.82) is 0 Å². The Kier molecular flexibility index (Phi) is 23.5. The van der Waals surface area contributed by atoms with E-state index in [2.05, 4.69) is 62.5 Å². The van der Waals surface area contributed by atoms with E-state index < -0.39 is 80.7 Å². The Morgan fingerprint density at radius 1 is 0.561 bits per heavy atom. The lowest BCUT2D eigenvalue weighted by molar-refractivity contribution is -0.161. The number of amides is 4. The van der Waals surface area contributed by atoms with E-state index in [9.17, 15) is 19.5 Å². The molecule has 578 valence electrons. The number of carboxylic acid groups (broad SMARTS) is 1. The van der Waals surface area contributed by atoms with Crippen molar-refractivity contribution in [3.05, 3.63) is 331 Å². The molecule has 27 heteroatoms. The van der Waals surface area contributed by atoms with Crippen molar-refractivity contribution >= 4 is 127 Å². The van der Waals surface area contributed by atoms with E-state index in [0.29, 0.717) is 86.6 Å². The van der Waals surface area contributed by atoms with E-state index >= 15 is 14.4 Å². The highest BCUT2D eigenvalue weighted by Crippen LogP contribution is 2.56. The largest absolute Gasteiger partial charge is 0.477 e. The lowest BCUT2D eigenvalue weighted by atomic mass is 9.68. The first-order valence-electron chi connectivity index (χ1n) is 37.4. The van der Waals surface area contributed by atoms with Crippen LogP contribution in [0.15, 0.2) is 285 Å². The minimum Gasteiger partial charge on any atom is -0.477 e. The van der Waals surface area contributed by atoms with E-state index in [1.807, 2.05) is 206 Å². The average molecular weight is 1630 g/mol. The summed E-state index contributed by atoms with van der Waals surface area (Å²) in [7, 11) is 0. The van der Waals surface area contributed by atoms with Crippen LogP contribution in [0.1, 0.15) is 87.5 Å². The second-order valence-electron chi connectivity index (χ2n) is 28.1. The van der Waals surface area contributed by atoms with E-state index in [0.717, 1.165) is 53.7 Å². The third-order valence-electron chi connectivity index (χ3n) is 21.3. The number of β-lactam (4-membered cyclic amide) rings is 2. The number of hydrogen-bond donors (Lipinski definition) is 5. The molecule has 2 aromatic heterocycles. The highest BCUT2D eigenvalue weighted by atomic mass is 32.2. The van der Waals surface area contributed by atoms with Gasteiger partial charge in [0.1, 0.15) is 45.1 Å². The number of hydrogen-bond acceptors (Lipinski definition) is 22. The SMILES string of the molecule is Nc1nc(/C(=N/OC(=O)C2=C(SCC3CCOCC3)CS[C@@H]3N2C(=O)C3(NC(=O)/C(=N\OC(c2ccccc2)(c2ccccc2)c2ccccc2)c2csc(NC(c3ccccc3)(c3ccccc3)c3ccccc3)n2)C(c2ccccc2)c2ccccc2)C(=O)NC2C(=O)N3C(C(=O)O)=C(SCC4CCOCC4)CS[C@@H]23)cs1. The number of nitrogen functional groups attached to an aromatic ring is 1. The zero-order chi connectivity index (χ0) is 78.2. The standard InChI is InChI=1S/C87H78N10O11S6/c88-83-89-65(51-113-83)70(75(98)91-72-77(100)96-73(79(101)102)67(53-111-78(72)96)109-49-55-41-45-105-46-42-55)94-107-80(103)74-68(110-50-56-43-47-106-48-44-56)54-112-82-86(81(104)97(74)82,69(57-25-9-1-10-26-57)58-27-11-2-12-28-58)92-76(99)71(95-108-87(62-35-19-6-20-36-62,63-37-21-7-22-38-63)64-39-23-8-24-40-64)66-52-114-84(90-66)93-85(59-29-13-3-14-30-59,60-31-15-4-16-32-60)61-33-17-5-18-34-61/h1-40,51-52,55-56,69,72,78,82H,41-50,53-54H2,(H2,88,89)(H,90,93)(H,91,98)(H,92,99)(H,101,102)/b94-70-,95-71-/t72?,78-,82-,86?/m0/s1. The summed E-state index contributed by atoms with van der Waals surface area (Å²) in [4.78, 5) is 119. The van der Waals surface area contributed by atoms with Gasteiger partial charge in [-0.15, -0.1) is 69.7 Å². The molecule has 4 atom stereocenters. The number of thiazole rings is 2. The minimum absolute atomic E-state index is 0.0518. The molecular formula is C87H78N10O11S6. The number of fused-ring (bicyclic) bond motifs is 2. The fourth-order valence-electron chi connectivity index (χ4n) is 15.6. The van der Waals surface area contributed by atoms with Crippen LogP contribution in [0, 0.1) is 11.8 Å². The van der Waals surface area contributed by atoms with Crippen molar-refractivity contribution in [3.63, 3.8) is 0 Å². The molecule has 21 nitrogen and oxygen atoms in total. The van der Waals surface area contributed by atoms with Crippen LogP contribution < -0.4 is 21.7 Å². The molecule has 6 aliphatic rings. The van der Waals surface area contributed by atoms with Crippen LogP contribution >= 0.6 is 69.7 Å². The number of carboxylic acids is 1. The number of rotatable bonds is 28. The van der Waals surface area contributed by atoms with Crippen molar-refractivity contribution in [2.75, 3.05) is 60.5 Å². The fourth-order valence-corrected chi connectivity index (χ4v) is 22.7. The molecule has 4 saturated heterocycles. The Morgan fingerprint density at radius 3 is 1.47 bits per heavy atom. The predicted octanol–water partition coefficient (Wildman–Crippen LogP) is 14.1. The number of anilines is 2. The molecule has 8 heterocycles. The predicted molar refractivity (Wildman–Crippen MR) is 448 cm³/mol. The quantitative estimate of drug-likeness (QED) is 0.0100. The van der Waals surface area contributed by atoms with Crippen LogP contribution in [0.2, 0.25) is 0 Å². The van der Waals surface area contributed by atoms with Gasteiger partial charge in [-0.3, -0.25) is 29.0 Å². The number of benzene rings is 8. The van der Waals surface area contributed by atoms with Crippen molar-refractivity contribution in [2.45, 2.75) is 65.1 Å². The van der Waals surface area contributed by atoms with Gasteiger partial charge in [-0.1, -0.05) is 253 Å². The first-order valence-corrected chi connectivity index (χ1v) is 43.2. The van der Waals surface area contributed by atoms with Gasteiger partial charge in [0, 0.05) is 92.6 Å². The molecule has 0 aliphatic carbocycles. The minimum atomic E-state index is -1.99. The van der Waals surface area contributed by atoms with Gasteiger partial charge in [0.15, 0.2) is 27.2 Å². The average Bonchev–Trinajstić information content (AvgIpc) is 0.703. The summed E-state index contributed by atoms with van der Waals surface area (Å²) in [6.45, 7) is 2.38. The fraction of sp³-hybridized carbons (Fsp3) is 0.241. The van der Waals surface area contributed by atoms with Crippen LogP contribution in [0.25, 0.3) is 0 Å². The smallest absolute Gasteiger partial charge is 0.382 e. The number of aromatic nitrogens is 2. The summed E-state index contributed by atoms with van der Waals surface area (Å²) in [5, 5.41) is 31.8. The van der Waals surface area contributed by atoms with Gasteiger partial charge in [0.25, 0.3) is 23.6 Å². The Morgan fingerprint density at radius 2 is 1.00 bits per heavy atom. The lowest BCUT2D eigenvalue weighted by Gasteiger charge is -2.60. The molecule has 4 fully saturated rings. The number of nitrogens with zero attached hydrogens (tertiary/aromatic N) is 6. The van der Waals surface area contributed by atoms with Gasteiger partial charge < -0.3 is 45.9 Å². The molecular weight excluding hydrogens is 1550 g/mol. The van der Waals surface area contributed by atoms with Crippen molar-refractivity contribution < 1.29 is 53.0 Å². The molecule has 6 N–H and O–H groups in total. The first kappa shape index (κ1) is 77.3. The summed E-state index contributed by atoms with van der Waals surface area (Å²) in [5.41, 5.74) is 6.61. The molecule has 6 aliphatic heterocycles. The summed E-state index contributed by atoms with van der Waals surface area (Å²) in [6, 6.07) is 76.7. The molecule has 8 aromatic carbocycles. The summed E-state index contributed by atoms with van der Waals surface area (Å²) in [6.07, 6.45) is 3.22. The third kappa shape index (κ3) is 15.3. The molecule has 0 radical (unpaired) electrons. The zero-order valence-electron chi connectivity index (χ0n) is 61.4. The number of nitrogens with two attached hydrogens (primary N) is 1. The first-order chi connectivity index (χ1) is 55.8. The van der Waals surface area contributed by atoms with Crippen LogP contribution in [0.4, 0.5) is 10.3 Å². The van der Waals surface area contributed by atoms with Gasteiger partial charge in [0.05, 0.1) is 0 Å². The summed E-state index contributed by atoms with van der Waals surface area (Å²) < 4.78 is 11.3. The van der Waals surface area contributed by atoms with Gasteiger partial charge >= 0.3 is 11.9 Å². The number of nitrogens with one attached hydrogen (secondary N) is 3. The van der Waals surface area contributed by atoms with Gasteiger partial charge in [0.2, 0.25) is 5.60 Å². The molecule has 10 aromatic rings. The maximum Gasteiger partial charge on any atom is 0.382 e. The maximum absolute atomic E-state index is 17.1. The number of oxime groups is 2. The van der Waals surface area contributed by atoms with Crippen molar-refractivity contribution in [2.24, 2.45) is 22.1 Å². The molecule has 0 saturated carbocycles. The topological polar surface area (TPSA) is 279 Å². The molecule has 0 bridgehead atoms. The number of ether oxygens (including phenoxy) is 2. The Balaban J connectivity index is 0.801. The van der Waals surface area contributed by atoms with E-state index in [1.54, 1.807) is 5.38 Å². The molecule has 114 heavy (non-hydrogen) atoms. The van der Waals surface area contributed by atoms with Crippen LogP contribution in [0.3, 0.4) is 0 Å². The van der Waals surface area contributed by atoms with Crippen LogP contribution in [0.5, 0.6) is 0 Å². The van der Waals surface area contributed by atoms with Gasteiger partial charge in [-0.25, -0.2) is 19.6 Å². The van der Waals surface area contributed by atoms with Crippen LogP contribution in [-0.4, -0.2) is 144 Å². The Bertz CT molecular complexity index is 5040. The van der Waals surface area contributed by atoms with Crippen LogP contribution in [-0.2, 0) is 59.1 Å². The molecule has 0 spiro atoms. The summed E-state index contributed by atoms with van der Waals surface area (Å²) in [5.74, 6) is -4.38. The van der Waals surface area contributed by atoms with E-state index in [-0.39, 0.29) is 51.0 Å². The Hall–Kier alpha value is -10.6. The van der Waals surface area contributed by atoms with Crippen molar-refractivity contribution in [3.8, 4) is 0 Å². The second kappa shape index (κ2) is 34.6. The molecule has 2 unspecified atom stereocenters. The van der Waals surface area contributed by atoms with E-state index in [1.165, 1.54) is 73.6 Å². The van der Waals surface area contributed by atoms with E-state index in [4.69, 9.17) is 35.0 Å². The zero-order valence-corrected chi connectivity index (χ0v) is 66.3. The monoisotopic (exact) mass is 1630 g/mol. The molecule has 4 amide bonds. The van der Waals surface area contributed by atoms with Crippen molar-refractivity contribution in [1.82, 2.24) is 30.4 Å². The Labute approximate surface area is 683 Å². The number of thioether (sulfide) groups is 4. The number of aliphatic carboxylic acids is 1. The number of carbonyl (C=O) groups excluding carboxylic acids is 5. The third-order valence-corrected chi connectivity index (χ3v) is 28.4. The van der Waals surface area contributed by atoms with Gasteiger partial charge in [-0.2, -0.15) is 0 Å². The number of carbonyl (C=O) groups is 6. The normalized spacial score (nSPS) is 19.6. The highest BCUT2D eigenvalue weighted by molar-refractivity contribution is 8.06. The lowest BCUT2D eigenvalue weighted by Crippen LogP contribution is -2.82.